The van der Waals surface area contributed by atoms with Crippen LogP contribution in [0.15, 0.2) is 55.1 Å². The maximum atomic E-state index is 8.58. The summed E-state index contributed by atoms with van der Waals surface area (Å²) in [5, 5.41) is 8.58. The Morgan fingerprint density at radius 1 is 1.35 bits per heavy atom. The van der Waals surface area contributed by atoms with Crippen LogP contribution < -0.4 is 0 Å². The molecule has 0 heterocycles. The Kier molecular flexibility index (Phi) is 6.47. The molecule has 0 bridgehead atoms. The van der Waals surface area contributed by atoms with Crippen molar-refractivity contribution in [1.29, 1.82) is 5.26 Å². The first-order valence-electron chi connectivity index (χ1n) is 5.68. The Bertz CT molecular complexity index is 389. The summed E-state index contributed by atoms with van der Waals surface area (Å²) in [6.45, 7) is 4.19. The third-order valence-corrected chi connectivity index (χ3v) is 2.31. The van der Waals surface area contributed by atoms with Crippen molar-refractivity contribution in [2.75, 3.05) is 0 Å². The molecule has 0 aliphatic carbocycles. The second kappa shape index (κ2) is 8.32. The molecule has 2 nitrogen and oxygen atoms in total. The van der Waals surface area contributed by atoms with Gasteiger partial charge in [0.15, 0.2) is 0 Å². The van der Waals surface area contributed by atoms with Crippen molar-refractivity contribution in [1.82, 2.24) is 0 Å². The molecular weight excluding hydrogens is 210 g/mol. The Balaban J connectivity index is 2.46. The zero-order chi connectivity index (χ0) is 12.3. The molecule has 0 unspecified atom stereocenters. The summed E-state index contributed by atoms with van der Waals surface area (Å²) in [6.07, 6.45) is 6.70. The highest BCUT2D eigenvalue weighted by Gasteiger charge is 2.04. The number of allylic oxidation sites excluding steroid dienone is 2. The molecular formula is C15H17NO. The van der Waals surface area contributed by atoms with Crippen LogP contribution in [0.5, 0.6) is 0 Å². The molecule has 17 heavy (non-hydrogen) atoms. The highest BCUT2D eigenvalue weighted by molar-refractivity contribution is 5.13. The predicted octanol–water partition coefficient (Wildman–Crippen LogP) is 3.62. The number of hydrogen-bond acceptors (Lipinski definition) is 2. The molecule has 0 fully saturated rings. The van der Waals surface area contributed by atoms with Crippen LogP contribution in [0.2, 0.25) is 0 Å². The van der Waals surface area contributed by atoms with Gasteiger partial charge in [-0.3, -0.25) is 0 Å². The van der Waals surface area contributed by atoms with Crippen molar-refractivity contribution in [3.63, 3.8) is 0 Å². The molecule has 0 N–H and O–H groups in total. The quantitative estimate of drug-likeness (QED) is 0.666. The van der Waals surface area contributed by atoms with E-state index < -0.39 is 0 Å². The molecule has 1 atom stereocenters. The first kappa shape index (κ1) is 13.2. The van der Waals surface area contributed by atoms with Crippen LogP contribution in [-0.4, -0.2) is 6.10 Å². The van der Waals surface area contributed by atoms with Crippen LogP contribution in [0.4, 0.5) is 0 Å². The zero-order valence-electron chi connectivity index (χ0n) is 9.88. The third kappa shape index (κ3) is 5.70. The minimum atomic E-state index is -0.0205. The average molecular weight is 227 g/mol. The summed E-state index contributed by atoms with van der Waals surface area (Å²) in [5.74, 6) is 0. The zero-order valence-corrected chi connectivity index (χ0v) is 9.88. The van der Waals surface area contributed by atoms with Gasteiger partial charge >= 0.3 is 0 Å². The molecule has 2 heteroatoms. The van der Waals surface area contributed by atoms with E-state index in [1.54, 1.807) is 6.08 Å². The summed E-state index contributed by atoms with van der Waals surface area (Å²) in [4.78, 5) is 0. The van der Waals surface area contributed by atoms with Crippen molar-refractivity contribution in [2.24, 2.45) is 0 Å². The van der Waals surface area contributed by atoms with E-state index in [2.05, 4.69) is 12.6 Å². The summed E-state index contributed by atoms with van der Waals surface area (Å²) < 4.78 is 5.75. The van der Waals surface area contributed by atoms with Gasteiger partial charge in [-0.2, -0.15) is 5.26 Å². The smallest absolute Gasteiger partial charge is 0.0773 e. The lowest BCUT2D eigenvalue weighted by atomic mass is 10.2. The topological polar surface area (TPSA) is 33.0 Å². The lowest BCUT2D eigenvalue weighted by molar-refractivity contribution is 0.0674. The molecule has 1 aromatic rings. The van der Waals surface area contributed by atoms with Crippen LogP contribution in [0.25, 0.3) is 0 Å². The summed E-state index contributed by atoms with van der Waals surface area (Å²) in [6, 6.07) is 12.1. The summed E-state index contributed by atoms with van der Waals surface area (Å²) in [5.41, 5.74) is 1.14. The molecule has 0 radical (unpaired) electrons. The van der Waals surface area contributed by atoms with Gasteiger partial charge in [0.2, 0.25) is 0 Å². The molecule has 1 rings (SSSR count). The highest BCUT2D eigenvalue weighted by Crippen LogP contribution is 2.09. The molecule has 0 saturated carbocycles. The van der Waals surface area contributed by atoms with Crippen LogP contribution in [0.1, 0.15) is 18.4 Å². The Morgan fingerprint density at radius 3 is 2.76 bits per heavy atom. The highest BCUT2D eigenvalue weighted by atomic mass is 16.5. The van der Waals surface area contributed by atoms with E-state index in [9.17, 15) is 0 Å². The SMILES string of the molecule is C=C/C=C/[C@@H](CCC#N)OCc1ccccc1. The molecule has 0 saturated heterocycles. The van der Waals surface area contributed by atoms with Crippen molar-refractivity contribution < 1.29 is 4.74 Å². The monoisotopic (exact) mass is 227 g/mol. The maximum absolute atomic E-state index is 8.58. The Labute approximate surface area is 103 Å². The molecule has 0 aliphatic heterocycles. The minimum absolute atomic E-state index is 0.0205. The Morgan fingerprint density at radius 2 is 2.12 bits per heavy atom. The van der Waals surface area contributed by atoms with E-state index in [1.165, 1.54) is 0 Å². The molecule has 88 valence electrons. The van der Waals surface area contributed by atoms with E-state index in [-0.39, 0.29) is 6.10 Å². The van der Waals surface area contributed by atoms with Crippen molar-refractivity contribution in [2.45, 2.75) is 25.6 Å². The lowest BCUT2D eigenvalue weighted by Gasteiger charge is -2.12. The van der Waals surface area contributed by atoms with Gasteiger partial charge < -0.3 is 4.74 Å². The van der Waals surface area contributed by atoms with Gasteiger partial charge in [-0.1, -0.05) is 55.1 Å². The van der Waals surface area contributed by atoms with Crippen LogP contribution in [-0.2, 0) is 11.3 Å². The Hall–Kier alpha value is -1.85. The van der Waals surface area contributed by atoms with Crippen molar-refractivity contribution in [3.05, 3.63) is 60.7 Å². The van der Waals surface area contributed by atoms with Gasteiger partial charge in [0.1, 0.15) is 0 Å². The van der Waals surface area contributed by atoms with E-state index in [1.807, 2.05) is 42.5 Å². The normalized spacial score (nSPS) is 12.2. The number of nitrogens with zero attached hydrogens (tertiary/aromatic N) is 1. The molecule has 0 amide bonds. The van der Waals surface area contributed by atoms with E-state index in [0.717, 1.165) is 5.56 Å². The molecule has 0 spiro atoms. The first-order valence-corrected chi connectivity index (χ1v) is 5.68. The second-order valence-corrected chi connectivity index (χ2v) is 3.65. The van der Waals surface area contributed by atoms with Gasteiger partial charge in [0.25, 0.3) is 0 Å². The van der Waals surface area contributed by atoms with E-state index >= 15 is 0 Å². The van der Waals surface area contributed by atoms with E-state index in [4.69, 9.17) is 10.00 Å². The third-order valence-electron chi connectivity index (χ3n) is 2.31. The largest absolute Gasteiger partial charge is 0.369 e. The molecule has 1 aromatic carbocycles. The number of benzene rings is 1. The van der Waals surface area contributed by atoms with E-state index in [0.29, 0.717) is 19.4 Å². The minimum Gasteiger partial charge on any atom is -0.369 e. The number of nitriles is 1. The van der Waals surface area contributed by atoms with Gasteiger partial charge in [-0.15, -0.1) is 0 Å². The molecule has 0 aliphatic rings. The summed E-state index contributed by atoms with van der Waals surface area (Å²) in [7, 11) is 0. The van der Waals surface area contributed by atoms with Crippen molar-refractivity contribution >= 4 is 0 Å². The standard InChI is InChI=1S/C15H17NO/c1-2-3-10-15(11-7-12-16)17-13-14-8-5-4-6-9-14/h2-6,8-10,15H,1,7,11,13H2/b10-3+/t15-/m0/s1. The fourth-order valence-corrected chi connectivity index (χ4v) is 1.42. The first-order chi connectivity index (χ1) is 8.36. The van der Waals surface area contributed by atoms with Gasteiger partial charge in [0, 0.05) is 6.42 Å². The fraction of sp³-hybridized carbons (Fsp3) is 0.267. The lowest BCUT2D eigenvalue weighted by Crippen LogP contribution is -2.09. The van der Waals surface area contributed by atoms with Gasteiger partial charge in [-0.05, 0) is 12.0 Å². The number of hydrogen-bond donors (Lipinski definition) is 0. The number of rotatable bonds is 7. The second-order valence-electron chi connectivity index (χ2n) is 3.65. The maximum Gasteiger partial charge on any atom is 0.0773 e. The van der Waals surface area contributed by atoms with Crippen LogP contribution >= 0.6 is 0 Å². The number of ether oxygens (including phenoxy) is 1. The van der Waals surface area contributed by atoms with Crippen LogP contribution in [0.3, 0.4) is 0 Å². The fourth-order valence-electron chi connectivity index (χ4n) is 1.42. The molecule has 0 aromatic heterocycles. The van der Waals surface area contributed by atoms with Gasteiger partial charge in [0.05, 0.1) is 18.8 Å². The predicted molar refractivity (Wildman–Crippen MR) is 69.2 cm³/mol. The summed E-state index contributed by atoms with van der Waals surface area (Å²) >= 11 is 0. The van der Waals surface area contributed by atoms with Crippen LogP contribution in [0, 0.1) is 11.3 Å². The van der Waals surface area contributed by atoms with Crippen molar-refractivity contribution in [3.8, 4) is 6.07 Å². The van der Waals surface area contributed by atoms with Gasteiger partial charge in [-0.25, -0.2) is 0 Å². The average Bonchev–Trinajstić information content (AvgIpc) is 2.39.